The number of carbonyl (C=O) groups excluding carboxylic acids is 2. The minimum Gasteiger partial charge on any atom is -0.496 e. The molecule has 0 bridgehead atoms. The van der Waals surface area contributed by atoms with Crippen LogP contribution in [0.4, 0.5) is 11.4 Å². The molecule has 2 heterocycles. The number of ketones is 1. The van der Waals surface area contributed by atoms with Gasteiger partial charge >= 0.3 is 0 Å². The molecule has 0 fully saturated rings. The van der Waals surface area contributed by atoms with E-state index in [-0.39, 0.29) is 29.7 Å². The molecule has 1 aliphatic heterocycles. The molecule has 0 spiro atoms. The third-order valence-electron chi connectivity index (χ3n) is 6.80. The van der Waals surface area contributed by atoms with Crippen molar-refractivity contribution in [1.82, 2.24) is 5.32 Å². The SMILES string of the molecule is COc1ccccc1CNC(=O)CN1c2ccccc2NC2=C(C(=O)CC(C)(C)C2)C1c1cccs1. The van der Waals surface area contributed by atoms with E-state index in [9.17, 15) is 9.59 Å². The minimum atomic E-state index is -0.336. The number of benzene rings is 2. The molecule has 1 atom stereocenters. The Morgan fingerprint density at radius 1 is 1.11 bits per heavy atom. The summed E-state index contributed by atoms with van der Waals surface area (Å²) in [5, 5.41) is 8.67. The summed E-state index contributed by atoms with van der Waals surface area (Å²) in [6, 6.07) is 19.4. The lowest BCUT2D eigenvalue weighted by Crippen LogP contribution is -2.41. The van der Waals surface area contributed by atoms with Gasteiger partial charge < -0.3 is 20.3 Å². The van der Waals surface area contributed by atoms with Crippen molar-refractivity contribution < 1.29 is 14.3 Å². The van der Waals surface area contributed by atoms with Crippen LogP contribution in [-0.4, -0.2) is 25.3 Å². The van der Waals surface area contributed by atoms with E-state index in [4.69, 9.17) is 4.74 Å². The van der Waals surface area contributed by atoms with Crippen LogP contribution < -0.4 is 20.3 Å². The van der Waals surface area contributed by atoms with Crippen molar-refractivity contribution in [2.24, 2.45) is 5.41 Å². The van der Waals surface area contributed by atoms with Crippen molar-refractivity contribution in [2.45, 2.75) is 39.3 Å². The monoisotopic (exact) mass is 501 g/mol. The first-order valence-electron chi connectivity index (χ1n) is 12.2. The van der Waals surface area contributed by atoms with Crippen molar-refractivity contribution in [3.05, 3.63) is 87.8 Å². The Morgan fingerprint density at radius 3 is 2.67 bits per heavy atom. The normalized spacial score (nSPS) is 18.6. The summed E-state index contributed by atoms with van der Waals surface area (Å²) >= 11 is 1.61. The molecule has 1 aromatic heterocycles. The zero-order valence-electron chi connectivity index (χ0n) is 20.8. The van der Waals surface area contributed by atoms with E-state index in [1.54, 1.807) is 18.4 Å². The molecule has 1 aliphatic carbocycles. The minimum absolute atomic E-state index is 0.115. The first-order valence-corrected chi connectivity index (χ1v) is 13.1. The lowest BCUT2D eigenvalue weighted by molar-refractivity contribution is -0.120. The molecule has 0 radical (unpaired) electrons. The molecule has 36 heavy (non-hydrogen) atoms. The molecule has 1 amide bonds. The summed E-state index contributed by atoms with van der Waals surface area (Å²) in [7, 11) is 1.63. The van der Waals surface area contributed by atoms with Crippen LogP contribution in [0.25, 0.3) is 0 Å². The number of methoxy groups -OCH3 is 1. The van der Waals surface area contributed by atoms with Gasteiger partial charge in [0.05, 0.1) is 31.1 Å². The van der Waals surface area contributed by atoms with Gasteiger partial charge in [0.1, 0.15) is 5.75 Å². The molecule has 7 heteroatoms. The molecule has 2 aromatic carbocycles. The van der Waals surface area contributed by atoms with Crippen LogP contribution in [0.3, 0.4) is 0 Å². The van der Waals surface area contributed by atoms with Crippen molar-refractivity contribution >= 4 is 34.4 Å². The topological polar surface area (TPSA) is 70.7 Å². The van der Waals surface area contributed by atoms with Gasteiger partial charge in [-0.1, -0.05) is 50.2 Å². The number of hydrogen-bond acceptors (Lipinski definition) is 6. The fraction of sp³-hybridized carbons (Fsp3) is 0.310. The van der Waals surface area contributed by atoms with Gasteiger partial charge in [0.25, 0.3) is 0 Å². The number of fused-ring (bicyclic) bond motifs is 1. The first-order chi connectivity index (χ1) is 17.4. The number of allylic oxidation sites excluding steroid dienone is 1. The van der Waals surface area contributed by atoms with Crippen molar-refractivity contribution in [1.29, 1.82) is 0 Å². The summed E-state index contributed by atoms with van der Waals surface area (Å²) in [6.07, 6.45) is 1.26. The van der Waals surface area contributed by atoms with Gasteiger partial charge in [-0.25, -0.2) is 0 Å². The van der Waals surface area contributed by atoms with E-state index in [0.717, 1.165) is 45.3 Å². The zero-order valence-corrected chi connectivity index (χ0v) is 21.7. The number of anilines is 2. The molecule has 2 aliphatic rings. The Balaban J connectivity index is 1.52. The van der Waals surface area contributed by atoms with Gasteiger partial charge in [-0.2, -0.15) is 0 Å². The van der Waals surface area contributed by atoms with Gasteiger partial charge in [0.2, 0.25) is 5.91 Å². The van der Waals surface area contributed by atoms with Crippen LogP contribution in [0.5, 0.6) is 5.75 Å². The second kappa shape index (κ2) is 9.82. The van der Waals surface area contributed by atoms with Crippen LogP contribution in [0.2, 0.25) is 0 Å². The number of carbonyl (C=O) groups is 2. The number of para-hydroxylation sites is 3. The number of nitrogens with one attached hydrogen (secondary N) is 2. The van der Waals surface area contributed by atoms with Gasteiger partial charge in [0, 0.05) is 34.7 Å². The third kappa shape index (κ3) is 4.75. The average Bonchev–Trinajstić information content (AvgIpc) is 3.34. The highest BCUT2D eigenvalue weighted by atomic mass is 32.1. The van der Waals surface area contributed by atoms with Gasteiger partial charge in [-0.3, -0.25) is 9.59 Å². The fourth-order valence-electron chi connectivity index (χ4n) is 5.22. The predicted molar refractivity (Wildman–Crippen MR) is 144 cm³/mol. The summed E-state index contributed by atoms with van der Waals surface area (Å²) in [4.78, 5) is 30.1. The smallest absolute Gasteiger partial charge is 0.239 e. The van der Waals surface area contributed by atoms with E-state index < -0.39 is 0 Å². The largest absolute Gasteiger partial charge is 0.496 e. The van der Waals surface area contributed by atoms with Gasteiger partial charge in [-0.05, 0) is 41.5 Å². The standard InChI is InChI=1S/C29H31N3O3S/c1-29(2)15-21-27(23(33)16-29)28(25-13-8-14-36-25)32(22-11-6-5-10-20(22)31-21)18-26(34)30-17-19-9-4-7-12-24(19)35-3/h4-14,28,31H,15-18H2,1-3H3,(H,30,34). The molecular formula is C29H31N3O3S. The van der Waals surface area contributed by atoms with Gasteiger partial charge in [-0.15, -0.1) is 11.3 Å². The quantitative estimate of drug-likeness (QED) is 0.454. The van der Waals surface area contributed by atoms with Crippen LogP contribution in [0.1, 0.15) is 43.2 Å². The average molecular weight is 502 g/mol. The number of amides is 1. The molecule has 5 rings (SSSR count). The Labute approximate surface area is 216 Å². The molecule has 2 N–H and O–H groups in total. The van der Waals surface area contributed by atoms with E-state index in [1.165, 1.54) is 0 Å². The van der Waals surface area contributed by atoms with Crippen molar-refractivity contribution in [2.75, 3.05) is 23.9 Å². The summed E-state index contributed by atoms with van der Waals surface area (Å²) in [6.45, 7) is 4.75. The van der Waals surface area contributed by atoms with Crippen LogP contribution in [0, 0.1) is 5.41 Å². The van der Waals surface area contributed by atoms with Crippen molar-refractivity contribution in [3.63, 3.8) is 0 Å². The lowest BCUT2D eigenvalue weighted by atomic mass is 9.74. The molecule has 186 valence electrons. The van der Waals surface area contributed by atoms with E-state index in [0.29, 0.717) is 13.0 Å². The second-order valence-corrected chi connectivity index (χ2v) is 11.1. The number of rotatable bonds is 6. The number of nitrogens with zero attached hydrogens (tertiary/aromatic N) is 1. The fourth-order valence-corrected chi connectivity index (χ4v) is 6.07. The first kappa shape index (κ1) is 24.1. The Morgan fingerprint density at radius 2 is 1.89 bits per heavy atom. The third-order valence-corrected chi connectivity index (χ3v) is 7.72. The Hall–Kier alpha value is -3.58. The van der Waals surface area contributed by atoms with Crippen molar-refractivity contribution in [3.8, 4) is 5.75 Å². The van der Waals surface area contributed by atoms with E-state index >= 15 is 0 Å². The van der Waals surface area contributed by atoms with E-state index in [1.807, 2.05) is 60.0 Å². The maximum Gasteiger partial charge on any atom is 0.239 e. The number of ether oxygens (including phenoxy) is 1. The lowest BCUT2D eigenvalue weighted by Gasteiger charge is -2.37. The maximum absolute atomic E-state index is 13.6. The highest BCUT2D eigenvalue weighted by molar-refractivity contribution is 7.10. The number of hydrogen-bond donors (Lipinski definition) is 2. The molecule has 6 nitrogen and oxygen atoms in total. The second-order valence-electron chi connectivity index (χ2n) is 10.1. The molecule has 3 aromatic rings. The van der Waals surface area contributed by atoms with E-state index in [2.05, 4.69) is 35.4 Å². The number of thiophene rings is 1. The highest BCUT2D eigenvalue weighted by Crippen LogP contribution is 2.48. The van der Waals surface area contributed by atoms with Crippen LogP contribution in [0.15, 0.2) is 77.3 Å². The number of Topliss-reactive ketones (excluding diaryl/α,β-unsaturated/α-hetero) is 1. The summed E-state index contributed by atoms with van der Waals surface area (Å²) < 4.78 is 5.43. The van der Waals surface area contributed by atoms with Crippen LogP contribution >= 0.6 is 11.3 Å². The van der Waals surface area contributed by atoms with Gasteiger partial charge in [0.15, 0.2) is 5.78 Å². The highest BCUT2D eigenvalue weighted by Gasteiger charge is 2.42. The molecule has 1 unspecified atom stereocenters. The summed E-state index contributed by atoms with van der Waals surface area (Å²) in [5.41, 5.74) is 4.33. The zero-order chi connectivity index (χ0) is 25.3. The molecule has 0 saturated carbocycles. The molecular weight excluding hydrogens is 470 g/mol. The maximum atomic E-state index is 13.6. The Bertz CT molecular complexity index is 1310. The Kier molecular flexibility index (Phi) is 6.58. The molecule has 0 saturated heterocycles. The van der Waals surface area contributed by atoms with Crippen LogP contribution in [-0.2, 0) is 16.1 Å². The predicted octanol–water partition coefficient (Wildman–Crippen LogP) is 5.69. The summed E-state index contributed by atoms with van der Waals surface area (Å²) in [5.74, 6) is 0.757.